The van der Waals surface area contributed by atoms with E-state index in [1.165, 1.54) is 18.3 Å². The van der Waals surface area contributed by atoms with Gasteiger partial charge in [0.25, 0.3) is 5.90 Å². The molecule has 0 aliphatic heterocycles. The summed E-state index contributed by atoms with van der Waals surface area (Å²) in [6.07, 6.45) is -3.73. The molecule has 0 fully saturated rings. The quantitative estimate of drug-likeness (QED) is 0.257. The largest absolute Gasteiger partial charge is 0.465 e. The summed E-state index contributed by atoms with van der Waals surface area (Å²) in [5, 5.41) is 26.0. The number of carbonyl (C=O) groups is 1. The van der Waals surface area contributed by atoms with Crippen LogP contribution in [0.2, 0.25) is 0 Å². The Kier molecular flexibility index (Phi) is 8.03. The number of ether oxygens (including phenoxy) is 1. The molecule has 0 unspecified atom stereocenters. The monoisotopic (exact) mass is 425 g/mol. The summed E-state index contributed by atoms with van der Waals surface area (Å²) in [5.41, 5.74) is 0.688. The van der Waals surface area contributed by atoms with Crippen molar-refractivity contribution in [2.45, 2.75) is 19.2 Å². The van der Waals surface area contributed by atoms with E-state index in [9.17, 15) is 18.0 Å². The van der Waals surface area contributed by atoms with Crippen molar-refractivity contribution in [3.63, 3.8) is 0 Å². The fourth-order valence-corrected chi connectivity index (χ4v) is 2.17. The molecule has 3 N–H and O–H groups in total. The van der Waals surface area contributed by atoms with E-state index in [1.54, 1.807) is 24.3 Å². The van der Waals surface area contributed by atoms with E-state index in [0.29, 0.717) is 17.7 Å². The summed E-state index contributed by atoms with van der Waals surface area (Å²) >= 11 is 0. The van der Waals surface area contributed by atoms with Gasteiger partial charge in [-0.2, -0.15) is 13.2 Å². The first kappa shape index (κ1) is 22.5. The van der Waals surface area contributed by atoms with Crippen LogP contribution in [0.1, 0.15) is 16.7 Å². The Hall–Kier alpha value is -3.76. The fourth-order valence-electron chi connectivity index (χ4n) is 2.17. The molecule has 30 heavy (non-hydrogen) atoms. The van der Waals surface area contributed by atoms with E-state index in [2.05, 4.69) is 10.3 Å². The number of benzene rings is 2. The summed E-state index contributed by atoms with van der Waals surface area (Å²) < 4.78 is 42.7. The molecule has 0 heterocycles. The van der Waals surface area contributed by atoms with E-state index in [4.69, 9.17) is 19.9 Å². The Bertz CT molecular complexity index is 882. The minimum Gasteiger partial charge on any atom is -0.465 e. The van der Waals surface area contributed by atoms with Gasteiger partial charge in [-0.3, -0.25) is 0 Å². The molecule has 0 spiro atoms. The molecule has 2 aromatic carbocycles. The van der Waals surface area contributed by atoms with Gasteiger partial charge >= 0.3 is 12.3 Å². The average molecular weight is 425 g/mol. The molecule has 0 bridgehead atoms. The standard InChI is InChI=1S/C19H18F3N3O5/c20-19(21,22)15-5-1-14(2-6-15)12-29-24-10-9-13-3-7-16(8-4-13)30-17(25-28)11-23-18(26)27/h1-8,10,23,28H,9,11-12H2,(H,26,27). The van der Waals surface area contributed by atoms with Crippen LogP contribution in [0.3, 0.4) is 0 Å². The molecular weight excluding hydrogens is 407 g/mol. The van der Waals surface area contributed by atoms with Gasteiger partial charge in [0.1, 0.15) is 18.9 Å². The van der Waals surface area contributed by atoms with Crippen molar-refractivity contribution < 1.29 is 37.9 Å². The molecule has 0 saturated heterocycles. The molecule has 160 valence electrons. The van der Waals surface area contributed by atoms with E-state index < -0.39 is 17.8 Å². The van der Waals surface area contributed by atoms with E-state index >= 15 is 0 Å². The minimum atomic E-state index is -4.38. The molecule has 0 aliphatic rings. The van der Waals surface area contributed by atoms with Gasteiger partial charge in [0, 0.05) is 12.6 Å². The fraction of sp³-hybridized carbons (Fsp3) is 0.211. The van der Waals surface area contributed by atoms with Crippen molar-refractivity contribution in [3.8, 4) is 5.75 Å². The van der Waals surface area contributed by atoms with E-state index in [0.717, 1.165) is 17.7 Å². The Morgan fingerprint density at radius 2 is 1.70 bits per heavy atom. The van der Waals surface area contributed by atoms with Crippen LogP contribution in [0.25, 0.3) is 0 Å². The number of nitrogens with zero attached hydrogens (tertiary/aromatic N) is 2. The lowest BCUT2D eigenvalue weighted by molar-refractivity contribution is -0.137. The minimum absolute atomic E-state index is 0.0368. The Labute approximate surface area is 169 Å². The first-order chi connectivity index (χ1) is 14.3. The summed E-state index contributed by atoms with van der Waals surface area (Å²) in [4.78, 5) is 15.5. The second kappa shape index (κ2) is 10.7. The molecule has 0 atom stereocenters. The molecule has 8 nitrogen and oxygen atoms in total. The lowest BCUT2D eigenvalue weighted by Crippen LogP contribution is -2.30. The topological polar surface area (TPSA) is 113 Å². The van der Waals surface area contributed by atoms with Gasteiger partial charge in [-0.15, -0.1) is 0 Å². The smallest absolute Gasteiger partial charge is 0.416 e. The number of hydrogen-bond donors (Lipinski definition) is 3. The zero-order valence-corrected chi connectivity index (χ0v) is 15.5. The third-order valence-electron chi connectivity index (χ3n) is 3.65. The van der Waals surface area contributed by atoms with Crippen molar-refractivity contribution in [3.05, 3.63) is 65.2 Å². The van der Waals surface area contributed by atoms with Crippen LogP contribution in [-0.4, -0.2) is 35.1 Å². The Morgan fingerprint density at radius 3 is 2.27 bits per heavy atom. The number of amides is 1. The molecular formula is C19H18F3N3O5. The van der Waals surface area contributed by atoms with Crippen LogP contribution >= 0.6 is 0 Å². The van der Waals surface area contributed by atoms with Crippen LogP contribution in [-0.2, 0) is 24.0 Å². The first-order valence-electron chi connectivity index (χ1n) is 8.52. The molecule has 0 aliphatic carbocycles. The highest BCUT2D eigenvalue weighted by Crippen LogP contribution is 2.29. The van der Waals surface area contributed by atoms with Crippen LogP contribution in [0.15, 0.2) is 58.8 Å². The number of halogens is 3. The predicted octanol–water partition coefficient (Wildman–Crippen LogP) is 3.88. The lowest BCUT2D eigenvalue weighted by Gasteiger charge is -2.07. The molecule has 0 saturated carbocycles. The highest BCUT2D eigenvalue weighted by Gasteiger charge is 2.29. The Morgan fingerprint density at radius 1 is 1.07 bits per heavy atom. The van der Waals surface area contributed by atoms with Gasteiger partial charge in [-0.05, 0) is 35.4 Å². The SMILES string of the molecule is O=C(O)NCC(=NO)Oc1ccc(CC=NOCc2ccc(C(F)(F)F)cc2)cc1. The molecule has 0 aromatic heterocycles. The van der Waals surface area contributed by atoms with Gasteiger partial charge < -0.3 is 25.2 Å². The predicted molar refractivity (Wildman–Crippen MR) is 101 cm³/mol. The zero-order valence-electron chi connectivity index (χ0n) is 15.5. The van der Waals surface area contributed by atoms with Crippen LogP contribution in [0.5, 0.6) is 5.75 Å². The maximum atomic E-state index is 12.5. The highest BCUT2D eigenvalue weighted by molar-refractivity contribution is 5.83. The maximum absolute atomic E-state index is 12.5. The van der Waals surface area contributed by atoms with Crippen LogP contribution in [0, 0.1) is 0 Å². The number of oxime groups is 2. The van der Waals surface area contributed by atoms with E-state index in [1.807, 2.05) is 5.32 Å². The van der Waals surface area contributed by atoms with Crippen molar-refractivity contribution in [2.24, 2.45) is 10.3 Å². The number of alkyl halides is 3. The van der Waals surface area contributed by atoms with Gasteiger partial charge in [0.2, 0.25) is 0 Å². The van der Waals surface area contributed by atoms with Crippen molar-refractivity contribution in [1.82, 2.24) is 5.32 Å². The van der Waals surface area contributed by atoms with Crippen LogP contribution < -0.4 is 10.1 Å². The summed E-state index contributed by atoms with van der Waals surface area (Å²) in [6.45, 7) is -0.258. The molecule has 11 heteroatoms. The number of carboxylic acid groups (broad SMARTS) is 1. The van der Waals surface area contributed by atoms with Gasteiger partial charge in [-0.1, -0.05) is 34.6 Å². The lowest BCUT2D eigenvalue weighted by atomic mass is 10.1. The molecule has 2 rings (SSSR count). The zero-order chi connectivity index (χ0) is 22.0. The Balaban J connectivity index is 1.76. The average Bonchev–Trinajstić information content (AvgIpc) is 2.71. The molecule has 2 aromatic rings. The number of nitrogens with one attached hydrogen (secondary N) is 1. The summed E-state index contributed by atoms with van der Waals surface area (Å²) in [7, 11) is 0. The van der Waals surface area contributed by atoms with Crippen molar-refractivity contribution in [1.29, 1.82) is 0 Å². The van der Waals surface area contributed by atoms with E-state index in [-0.39, 0.29) is 19.0 Å². The molecule has 0 radical (unpaired) electrons. The first-order valence-corrected chi connectivity index (χ1v) is 8.52. The maximum Gasteiger partial charge on any atom is 0.416 e. The third-order valence-corrected chi connectivity index (χ3v) is 3.65. The summed E-state index contributed by atoms with van der Waals surface area (Å²) in [6, 6.07) is 11.2. The summed E-state index contributed by atoms with van der Waals surface area (Å²) in [5.74, 6) is 0.123. The highest BCUT2D eigenvalue weighted by atomic mass is 19.4. The molecule has 1 amide bonds. The second-order valence-corrected chi connectivity index (χ2v) is 5.86. The normalized spacial score (nSPS) is 12.0. The number of hydrogen-bond acceptors (Lipinski definition) is 6. The van der Waals surface area contributed by atoms with Gasteiger partial charge in [0.05, 0.1) is 5.56 Å². The van der Waals surface area contributed by atoms with Crippen molar-refractivity contribution >= 4 is 18.2 Å². The van der Waals surface area contributed by atoms with Gasteiger partial charge in [-0.25, -0.2) is 4.79 Å². The third kappa shape index (κ3) is 7.70. The second-order valence-electron chi connectivity index (χ2n) is 5.86. The van der Waals surface area contributed by atoms with Crippen LogP contribution in [0.4, 0.5) is 18.0 Å². The van der Waals surface area contributed by atoms with Gasteiger partial charge in [0.15, 0.2) is 0 Å². The number of rotatable bonds is 8. The van der Waals surface area contributed by atoms with Crippen molar-refractivity contribution in [2.75, 3.05) is 6.54 Å².